The molecule has 1 rings (SSSR count). The molecule has 59 valence electrons. The first-order chi connectivity index (χ1) is 5.27. The monoisotopic (exact) mass is 153 g/mol. The second-order valence-electron chi connectivity index (χ2n) is 2.33. The third-order valence-electron chi connectivity index (χ3n) is 1.63. The van der Waals surface area contributed by atoms with Gasteiger partial charge in [0.25, 0.3) is 0 Å². The number of benzene rings is 1. The Morgan fingerprint density at radius 3 is 2.82 bits per heavy atom. The molecule has 0 unspecified atom stereocenters. The molecule has 11 heavy (non-hydrogen) atoms. The van der Waals surface area contributed by atoms with Crippen molar-refractivity contribution in [3.05, 3.63) is 41.8 Å². The summed E-state index contributed by atoms with van der Waals surface area (Å²) in [5.41, 5.74) is 1.52. The molecule has 0 atom stereocenters. The molecule has 0 aliphatic heterocycles. The van der Waals surface area contributed by atoms with Gasteiger partial charge in [-0.15, -0.1) is 0 Å². The second-order valence-corrected chi connectivity index (χ2v) is 2.33. The van der Waals surface area contributed by atoms with Crippen molar-refractivity contribution in [2.75, 3.05) is 0 Å². The van der Waals surface area contributed by atoms with Crippen LogP contribution in [0.4, 0.5) is 4.39 Å². The van der Waals surface area contributed by atoms with E-state index in [-0.39, 0.29) is 5.82 Å². The maximum Gasteiger partial charge on any atom is 0.123 e. The third-order valence-corrected chi connectivity index (χ3v) is 1.63. The van der Waals surface area contributed by atoms with Crippen LogP contribution >= 0.6 is 0 Å². The fourth-order valence-corrected chi connectivity index (χ4v) is 1.01. The van der Waals surface area contributed by atoms with E-state index in [4.69, 9.17) is 5.11 Å². The van der Waals surface area contributed by atoms with Gasteiger partial charge in [-0.25, -0.2) is 4.39 Å². The van der Waals surface area contributed by atoms with Gasteiger partial charge in [0.2, 0.25) is 0 Å². The van der Waals surface area contributed by atoms with Crippen molar-refractivity contribution in [1.29, 1.82) is 0 Å². The number of aliphatic hydroxyl groups excluding tert-OH is 1. The summed E-state index contributed by atoms with van der Waals surface area (Å²) in [6, 6.07) is 4.39. The minimum Gasteiger partial charge on any atom is -0.385 e. The first-order valence-electron chi connectivity index (χ1n) is 3.53. The topological polar surface area (TPSA) is 20.2 Å². The van der Waals surface area contributed by atoms with Crippen LogP contribution in [0.5, 0.6) is 0 Å². The smallest absolute Gasteiger partial charge is 0.123 e. The summed E-state index contributed by atoms with van der Waals surface area (Å²) in [5.74, 6) is -0.317. The second kappa shape index (κ2) is 3.49. The van der Waals surface area contributed by atoms with Gasteiger partial charge in [0.15, 0.2) is 0 Å². The lowest BCUT2D eigenvalue weighted by atomic mass is 10.1. The van der Waals surface area contributed by atoms with Crippen LogP contribution in [0.2, 0.25) is 0 Å². The fourth-order valence-electron chi connectivity index (χ4n) is 1.01. The van der Waals surface area contributed by atoms with Gasteiger partial charge in [0.1, 0.15) is 12.4 Å². The van der Waals surface area contributed by atoms with Crippen LogP contribution < -0.4 is 0 Å². The van der Waals surface area contributed by atoms with Crippen LogP contribution in [-0.2, 0) is 6.42 Å². The van der Waals surface area contributed by atoms with E-state index in [9.17, 15) is 4.39 Å². The van der Waals surface area contributed by atoms with Gasteiger partial charge in [-0.1, -0.05) is 13.0 Å². The predicted octanol–water partition coefficient (Wildman–Crippen LogP) is 2.27. The Bertz CT molecular complexity index is 245. The van der Waals surface area contributed by atoms with Gasteiger partial charge in [-0.3, -0.25) is 0 Å². The molecule has 0 saturated carbocycles. The lowest BCUT2D eigenvalue weighted by Gasteiger charge is -2.02. The number of rotatable bonds is 2. The Hall–Kier alpha value is -0.890. The Labute approximate surface area is 65.5 Å². The molecule has 1 aromatic carbocycles. The molecule has 0 saturated heterocycles. The van der Waals surface area contributed by atoms with E-state index in [0.717, 1.165) is 18.6 Å². The molecular formula is C9H10FO. The first-order valence-corrected chi connectivity index (χ1v) is 3.53. The Balaban J connectivity index is 3.06. The summed E-state index contributed by atoms with van der Waals surface area (Å²) in [6.07, 6.45) is 0.798. The van der Waals surface area contributed by atoms with Crippen LogP contribution in [0.15, 0.2) is 18.2 Å². The molecule has 2 heteroatoms. The molecule has 0 amide bonds. The largest absolute Gasteiger partial charge is 0.385 e. The number of aryl methyl sites for hydroxylation is 1. The molecule has 0 aliphatic carbocycles. The van der Waals surface area contributed by atoms with E-state index in [1.54, 1.807) is 6.07 Å². The summed E-state index contributed by atoms with van der Waals surface area (Å²) < 4.78 is 12.5. The molecule has 0 fully saturated rings. The maximum absolute atomic E-state index is 12.5. The SMILES string of the molecule is CCc1ccc(F)cc1[CH]O. The van der Waals surface area contributed by atoms with Gasteiger partial charge in [-0.2, -0.15) is 0 Å². The molecule has 0 aromatic heterocycles. The zero-order valence-electron chi connectivity index (χ0n) is 6.34. The number of hydrogen-bond donors (Lipinski definition) is 1. The van der Waals surface area contributed by atoms with Crippen molar-refractivity contribution in [1.82, 2.24) is 0 Å². The van der Waals surface area contributed by atoms with Gasteiger partial charge in [0.05, 0.1) is 0 Å². The summed E-state index contributed by atoms with van der Waals surface area (Å²) in [4.78, 5) is 0. The summed E-state index contributed by atoms with van der Waals surface area (Å²) in [7, 11) is 0. The van der Waals surface area contributed by atoms with E-state index in [0.29, 0.717) is 5.56 Å². The van der Waals surface area contributed by atoms with Crippen LogP contribution in [-0.4, -0.2) is 5.11 Å². The van der Waals surface area contributed by atoms with Gasteiger partial charge >= 0.3 is 0 Å². The van der Waals surface area contributed by atoms with Crippen molar-refractivity contribution in [2.24, 2.45) is 0 Å². The van der Waals surface area contributed by atoms with Crippen molar-refractivity contribution in [2.45, 2.75) is 13.3 Å². The summed E-state index contributed by atoms with van der Waals surface area (Å²) in [6.45, 7) is 2.89. The highest BCUT2D eigenvalue weighted by Gasteiger charge is 2.00. The van der Waals surface area contributed by atoms with E-state index in [1.807, 2.05) is 6.92 Å². The average molecular weight is 153 g/mol. The Morgan fingerprint density at radius 1 is 1.55 bits per heavy atom. The van der Waals surface area contributed by atoms with E-state index in [2.05, 4.69) is 0 Å². The molecule has 1 radical (unpaired) electrons. The quantitative estimate of drug-likeness (QED) is 0.691. The predicted molar refractivity (Wildman–Crippen MR) is 41.1 cm³/mol. The highest BCUT2D eigenvalue weighted by Crippen LogP contribution is 2.12. The molecular weight excluding hydrogens is 143 g/mol. The summed E-state index contributed by atoms with van der Waals surface area (Å²) >= 11 is 0. The standard InChI is InChI=1S/C9H10FO/c1-2-7-3-4-9(10)5-8(7)6-11/h3-6,11H,2H2,1H3. The lowest BCUT2D eigenvalue weighted by molar-refractivity contribution is 0.413. The Kier molecular flexibility index (Phi) is 2.60. The maximum atomic E-state index is 12.5. The van der Waals surface area contributed by atoms with Crippen molar-refractivity contribution >= 4 is 0 Å². The molecule has 1 aromatic rings. The minimum atomic E-state index is -0.317. The molecule has 0 heterocycles. The van der Waals surface area contributed by atoms with Crippen molar-refractivity contribution in [3.8, 4) is 0 Å². The lowest BCUT2D eigenvalue weighted by Crippen LogP contribution is -1.91. The van der Waals surface area contributed by atoms with Crippen molar-refractivity contribution in [3.63, 3.8) is 0 Å². The zero-order valence-corrected chi connectivity index (χ0v) is 6.34. The van der Waals surface area contributed by atoms with E-state index < -0.39 is 0 Å². The zero-order chi connectivity index (χ0) is 8.27. The first kappa shape index (κ1) is 8.21. The highest BCUT2D eigenvalue weighted by atomic mass is 19.1. The van der Waals surface area contributed by atoms with E-state index in [1.165, 1.54) is 12.1 Å². The molecule has 1 N–H and O–H groups in total. The van der Waals surface area contributed by atoms with E-state index >= 15 is 0 Å². The third kappa shape index (κ3) is 1.77. The number of halogens is 1. The van der Waals surface area contributed by atoms with Crippen molar-refractivity contribution < 1.29 is 9.50 Å². The van der Waals surface area contributed by atoms with Crippen LogP contribution in [0.3, 0.4) is 0 Å². The summed E-state index contributed by atoms with van der Waals surface area (Å²) in [5, 5.41) is 8.68. The molecule has 0 spiro atoms. The number of hydrogen-bond acceptors (Lipinski definition) is 1. The normalized spacial score (nSPS) is 10.1. The van der Waals surface area contributed by atoms with Gasteiger partial charge in [-0.05, 0) is 29.7 Å². The van der Waals surface area contributed by atoms with Gasteiger partial charge in [0, 0.05) is 0 Å². The molecule has 1 nitrogen and oxygen atoms in total. The molecule has 0 aliphatic rings. The number of aliphatic hydroxyl groups is 1. The van der Waals surface area contributed by atoms with Crippen LogP contribution in [0.1, 0.15) is 18.1 Å². The minimum absolute atomic E-state index is 0.317. The Morgan fingerprint density at radius 2 is 2.27 bits per heavy atom. The highest BCUT2D eigenvalue weighted by molar-refractivity contribution is 5.31. The van der Waals surface area contributed by atoms with Crippen LogP contribution in [0.25, 0.3) is 0 Å². The van der Waals surface area contributed by atoms with Crippen LogP contribution in [0, 0.1) is 12.4 Å². The average Bonchev–Trinajstić information content (AvgIpc) is 2.04. The fraction of sp³-hybridized carbons (Fsp3) is 0.222. The molecule has 0 bridgehead atoms. The van der Waals surface area contributed by atoms with Gasteiger partial charge < -0.3 is 5.11 Å².